The van der Waals surface area contributed by atoms with Crippen LogP contribution in [0.2, 0.25) is 16.6 Å². The first kappa shape index (κ1) is 30.8. The van der Waals surface area contributed by atoms with Gasteiger partial charge in [-0.3, -0.25) is 10.1 Å². The number of ether oxygens (including phenoxy) is 2. The van der Waals surface area contributed by atoms with Crippen LogP contribution in [0, 0.1) is 10.1 Å². The molecule has 0 atom stereocenters. The number of carbonyl (C=O) groups is 2. The summed E-state index contributed by atoms with van der Waals surface area (Å²) in [5.74, 6) is -0.847. The molecule has 0 bridgehead atoms. The second kappa shape index (κ2) is 13.5. The van der Waals surface area contributed by atoms with Gasteiger partial charge in [-0.15, -0.1) is 0 Å². The molecule has 0 saturated heterocycles. The van der Waals surface area contributed by atoms with E-state index in [1.54, 1.807) is 42.5 Å². The van der Waals surface area contributed by atoms with Crippen molar-refractivity contribution in [2.75, 3.05) is 0 Å². The van der Waals surface area contributed by atoms with Crippen molar-refractivity contribution >= 4 is 25.9 Å². The van der Waals surface area contributed by atoms with E-state index in [1.807, 2.05) is 0 Å². The zero-order chi connectivity index (χ0) is 29.4. The predicted octanol–water partition coefficient (Wildman–Crippen LogP) is 7.59. The molecule has 0 saturated carbocycles. The molecule has 0 aliphatic heterocycles. The molecule has 3 rings (SSSR count). The SMILES string of the molecule is CC(C)[Si](OCc1ccc(C(=O)OCc2cccc(COC(=O)c3ccccc3)c2[N+](=O)[O-])o1)(C(C)C)C(C)C. The summed E-state index contributed by atoms with van der Waals surface area (Å²) in [6.07, 6.45) is 0. The molecule has 0 radical (unpaired) electrons. The molecule has 40 heavy (non-hydrogen) atoms. The number of nitro groups is 1. The Kier molecular flexibility index (Phi) is 10.4. The predicted molar refractivity (Wildman–Crippen MR) is 152 cm³/mol. The van der Waals surface area contributed by atoms with Gasteiger partial charge in [0.25, 0.3) is 5.69 Å². The van der Waals surface area contributed by atoms with Gasteiger partial charge < -0.3 is 18.3 Å². The quantitative estimate of drug-likeness (QED) is 0.0897. The molecule has 0 spiro atoms. The zero-order valence-electron chi connectivity index (χ0n) is 23.8. The van der Waals surface area contributed by atoms with Crippen LogP contribution in [0.5, 0.6) is 0 Å². The molecule has 1 heterocycles. The summed E-state index contributed by atoms with van der Waals surface area (Å²) < 4.78 is 22.9. The lowest BCUT2D eigenvalue weighted by molar-refractivity contribution is -0.386. The minimum absolute atomic E-state index is 0.0138. The molecular weight excluding hydrogens is 530 g/mol. The van der Waals surface area contributed by atoms with Crippen LogP contribution in [0.15, 0.2) is 65.1 Å². The molecule has 0 N–H and O–H groups in total. The van der Waals surface area contributed by atoms with Gasteiger partial charge in [-0.2, -0.15) is 0 Å². The van der Waals surface area contributed by atoms with E-state index in [0.717, 1.165) is 0 Å². The Hall–Kier alpha value is -3.76. The van der Waals surface area contributed by atoms with Gasteiger partial charge in [-0.1, -0.05) is 65.8 Å². The van der Waals surface area contributed by atoms with E-state index >= 15 is 0 Å². The van der Waals surface area contributed by atoms with E-state index in [0.29, 0.717) is 27.9 Å². The summed E-state index contributed by atoms with van der Waals surface area (Å²) in [6, 6.07) is 16.1. The number of rotatable bonds is 13. The number of para-hydroxylation sites is 1. The maximum absolute atomic E-state index is 12.7. The number of hydrogen-bond acceptors (Lipinski definition) is 8. The van der Waals surface area contributed by atoms with Crippen molar-refractivity contribution in [2.24, 2.45) is 0 Å². The van der Waals surface area contributed by atoms with Gasteiger partial charge in [0, 0.05) is 0 Å². The Bertz CT molecular complexity index is 1290. The molecule has 0 unspecified atom stereocenters. The first-order valence-electron chi connectivity index (χ1n) is 13.3. The number of nitro benzene ring substituents is 1. The van der Waals surface area contributed by atoms with Crippen molar-refractivity contribution in [1.29, 1.82) is 0 Å². The van der Waals surface area contributed by atoms with Crippen molar-refractivity contribution in [3.63, 3.8) is 0 Å². The zero-order valence-corrected chi connectivity index (χ0v) is 24.8. The molecule has 10 heteroatoms. The third kappa shape index (κ3) is 7.05. The van der Waals surface area contributed by atoms with Gasteiger partial charge in [0.1, 0.15) is 19.0 Å². The molecule has 1 aromatic heterocycles. The van der Waals surface area contributed by atoms with Gasteiger partial charge in [0.2, 0.25) is 14.1 Å². The molecule has 0 aliphatic rings. The molecule has 0 amide bonds. The van der Waals surface area contributed by atoms with Gasteiger partial charge in [-0.05, 0) is 53.0 Å². The Morgan fingerprint density at radius 3 is 1.85 bits per heavy atom. The van der Waals surface area contributed by atoms with Crippen LogP contribution in [0.3, 0.4) is 0 Å². The van der Waals surface area contributed by atoms with Crippen molar-refractivity contribution in [3.05, 3.63) is 99.0 Å². The first-order valence-corrected chi connectivity index (χ1v) is 15.5. The monoisotopic (exact) mass is 567 g/mol. The number of benzene rings is 2. The van der Waals surface area contributed by atoms with Crippen LogP contribution in [-0.4, -0.2) is 25.2 Å². The number of hydrogen-bond donors (Lipinski definition) is 0. The lowest BCUT2D eigenvalue weighted by atomic mass is 10.1. The Balaban J connectivity index is 1.66. The number of nitrogens with zero attached hydrogens (tertiary/aromatic N) is 1. The van der Waals surface area contributed by atoms with Crippen LogP contribution in [-0.2, 0) is 33.7 Å². The highest BCUT2D eigenvalue weighted by Crippen LogP contribution is 2.42. The number of esters is 2. The van der Waals surface area contributed by atoms with Gasteiger partial charge in [0.15, 0.2) is 0 Å². The second-order valence-corrected chi connectivity index (χ2v) is 16.0. The maximum Gasteiger partial charge on any atom is 0.374 e. The van der Waals surface area contributed by atoms with E-state index in [4.69, 9.17) is 18.3 Å². The summed E-state index contributed by atoms with van der Waals surface area (Å²) in [5, 5.41) is 11.9. The van der Waals surface area contributed by atoms with Crippen LogP contribution in [0.25, 0.3) is 0 Å². The highest BCUT2D eigenvalue weighted by atomic mass is 28.4. The minimum atomic E-state index is -2.11. The maximum atomic E-state index is 12.7. The van der Waals surface area contributed by atoms with E-state index < -0.39 is 25.2 Å². The summed E-state index contributed by atoms with van der Waals surface area (Å²) in [6.45, 7) is 12.8. The fourth-order valence-electron chi connectivity index (χ4n) is 5.39. The Morgan fingerprint density at radius 2 is 1.32 bits per heavy atom. The molecule has 3 aromatic rings. The average molecular weight is 568 g/mol. The highest BCUT2D eigenvalue weighted by Gasteiger charge is 2.45. The summed E-state index contributed by atoms with van der Waals surface area (Å²) in [7, 11) is -2.11. The fraction of sp³-hybridized carbons (Fsp3) is 0.400. The van der Waals surface area contributed by atoms with Crippen molar-refractivity contribution in [2.45, 2.75) is 78.0 Å². The molecule has 214 valence electrons. The summed E-state index contributed by atoms with van der Waals surface area (Å²) in [4.78, 5) is 36.3. The second-order valence-electron chi connectivity index (χ2n) is 10.6. The van der Waals surface area contributed by atoms with Crippen LogP contribution >= 0.6 is 0 Å². The van der Waals surface area contributed by atoms with Crippen molar-refractivity contribution in [1.82, 2.24) is 0 Å². The van der Waals surface area contributed by atoms with Crippen LogP contribution in [0.1, 0.15) is 79.3 Å². The largest absolute Gasteiger partial charge is 0.457 e. The molecule has 0 aliphatic carbocycles. The van der Waals surface area contributed by atoms with E-state index in [9.17, 15) is 19.7 Å². The van der Waals surface area contributed by atoms with Crippen molar-refractivity contribution < 1.29 is 32.8 Å². The van der Waals surface area contributed by atoms with Gasteiger partial charge in [-0.25, -0.2) is 9.59 Å². The molecule has 9 nitrogen and oxygen atoms in total. The number of furan rings is 1. The highest BCUT2D eigenvalue weighted by molar-refractivity contribution is 6.77. The van der Waals surface area contributed by atoms with Gasteiger partial charge >= 0.3 is 11.9 Å². The smallest absolute Gasteiger partial charge is 0.374 e. The third-order valence-electron chi connectivity index (χ3n) is 7.15. The minimum Gasteiger partial charge on any atom is -0.457 e. The normalized spacial score (nSPS) is 11.7. The molecule has 0 fully saturated rings. The van der Waals surface area contributed by atoms with E-state index in [1.165, 1.54) is 18.2 Å². The lowest BCUT2D eigenvalue weighted by Crippen LogP contribution is -2.47. The standard InChI is InChI=1S/C30H37NO8Si/c1-20(2)40(21(3)4,22(5)6)38-19-26-15-16-27(39-26)30(33)37-18-25-14-10-13-24(28(25)31(34)35)17-36-29(32)23-11-8-7-9-12-23/h7-16,20-22H,17-19H2,1-6H3. The molecule has 2 aromatic carbocycles. The Labute approximate surface area is 235 Å². The molecular formula is C30H37NO8Si. The topological polar surface area (TPSA) is 118 Å². The first-order chi connectivity index (χ1) is 19.0. The number of carbonyl (C=O) groups excluding carboxylic acids is 2. The fourth-order valence-corrected chi connectivity index (χ4v) is 10.8. The van der Waals surface area contributed by atoms with E-state index in [2.05, 4.69) is 41.5 Å². The summed E-state index contributed by atoms with van der Waals surface area (Å²) in [5.41, 5.74) is 1.63. The van der Waals surface area contributed by atoms with Crippen LogP contribution in [0.4, 0.5) is 5.69 Å². The summed E-state index contributed by atoms with van der Waals surface area (Å²) >= 11 is 0. The van der Waals surface area contributed by atoms with Gasteiger partial charge in [0.05, 0.1) is 28.2 Å². The van der Waals surface area contributed by atoms with Crippen LogP contribution < -0.4 is 0 Å². The van der Waals surface area contributed by atoms with Crippen molar-refractivity contribution in [3.8, 4) is 0 Å². The Morgan fingerprint density at radius 1 is 0.775 bits per heavy atom. The van der Waals surface area contributed by atoms with E-state index in [-0.39, 0.29) is 42.4 Å². The average Bonchev–Trinajstić information content (AvgIpc) is 3.39. The lowest BCUT2D eigenvalue weighted by Gasteiger charge is -2.41. The third-order valence-corrected chi connectivity index (χ3v) is 13.2.